The van der Waals surface area contributed by atoms with Crippen LogP contribution >= 0.6 is 0 Å². The largest absolute Gasteiger partial charge is 0.440 e. The highest BCUT2D eigenvalue weighted by Gasteiger charge is 2.34. The molecular formula is C17H14N2O3. The van der Waals surface area contributed by atoms with Crippen LogP contribution in [0.3, 0.4) is 0 Å². The summed E-state index contributed by atoms with van der Waals surface area (Å²) >= 11 is 0. The summed E-state index contributed by atoms with van der Waals surface area (Å²) in [4.78, 5) is 12.3. The number of nitrogens with zero attached hydrogens (tertiary/aromatic N) is 1. The average molecular weight is 294 g/mol. The first-order chi connectivity index (χ1) is 10.5. The van der Waals surface area contributed by atoms with E-state index in [-0.39, 0.29) is 11.5 Å². The zero-order valence-electron chi connectivity index (χ0n) is 12.2. The molecule has 5 nitrogen and oxygen atoms in total. The highest BCUT2D eigenvalue weighted by molar-refractivity contribution is 5.54. The van der Waals surface area contributed by atoms with Crippen molar-refractivity contribution >= 4 is 0 Å². The van der Waals surface area contributed by atoms with Gasteiger partial charge >= 0.3 is 5.63 Å². The Labute approximate surface area is 127 Å². The second kappa shape index (κ2) is 5.08. The van der Waals surface area contributed by atoms with E-state index < -0.39 is 11.5 Å². The summed E-state index contributed by atoms with van der Waals surface area (Å²) in [5.74, 6) is 0.215. The monoisotopic (exact) mass is 294 g/mol. The molecule has 0 aliphatic carbocycles. The van der Waals surface area contributed by atoms with Gasteiger partial charge in [0.25, 0.3) is 0 Å². The zero-order valence-corrected chi connectivity index (χ0v) is 12.2. The molecule has 3 rings (SSSR count). The number of nitrogens with two attached hydrogens (primary N) is 1. The Morgan fingerprint density at radius 1 is 1.23 bits per heavy atom. The van der Waals surface area contributed by atoms with Crippen LogP contribution < -0.4 is 16.1 Å². The van der Waals surface area contributed by atoms with E-state index in [1.54, 1.807) is 13.0 Å². The molecule has 0 radical (unpaired) electrons. The molecule has 5 heteroatoms. The number of hydrogen-bond acceptors (Lipinski definition) is 5. The molecule has 0 saturated carbocycles. The lowest BCUT2D eigenvalue weighted by atomic mass is 9.84. The Morgan fingerprint density at radius 2 is 1.91 bits per heavy atom. The van der Waals surface area contributed by atoms with Crippen molar-refractivity contribution in [3.05, 3.63) is 74.7 Å². The molecule has 1 aliphatic heterocycles. The number of benzene rings is 1. The van der Waals surface area contributed by atoms with Crippen molar-refractivity contribution < 1.29 is 9.15 Å². The Hall–Kier alpha value is -3.00. The standard InChI is InChI=1S/C17H14N2O3/c1-9-3-5-11(6-4-9)14-12(8-18)16(19)22-13-7-10(2)21-17(20)15(13)14/h3-7,14H,19H2,1-2H3/t14-/m1/s1. The van der Waals surface area contributed by atoms with Crippen molar-refractivity contribution in [1.82, 2.24) is 0 Å². The Bertz CT molecular complexity index is 870. The summed E-state index contributed by atoms with van der Waals surface area (Å²) in [6.45, 7) is 3.63. The van der Waals surface area contributed by atoms with Crippen LogP contribution in [0, 0.1) is 25.2 Å². The normalized spacial score (nSPS) is 16.7. The van der Waals surface area contributed by atoms with Crippen molar-refractivity contribution in [2.45, 2.75) is 19.8 Å². The van der Waals surface area contributed by atoms with Gasteiger partial charge < -0.3 is 14.9 Å². The number of allylic oxidation sites excluding steroid dienone is 1. The van der Waals surface area contributed by atoms with E-state index in [9.17, 15) is 10.1 Å². The zero-order chi connectivity index (χ0) is 15.9. The molecule has 0 fully saturated rings. The molecule has 0 saturated heterocycles. The third-order valence-electron chi connectivity index (χ3n) is 3.67. The van der Waals surface area contributed by atoms with E-state index in [4.69, 9.17) is 14.9 Å². The van der Waals surface area contributed by atoms with Crippen molar-refractivity contribution in [2.75, 3.05) is 0 Å². The first kappa shape index (κ1) is 14.0. The molecule has 2 heterocycles. The molecule has 1 aliphatic rings. The predicted octanol–water partition coefficient (Wildman–Crippen LogP) is 2.47. The molecule has 2 N–H and O–H groups in total. The molecule has 1 atom stereocenters. The van der Waals surface area contributed by atoms with Crippen LogP contribution in [-0.4, -0.2) is 0 Å². The highest BCUT2D eigenvalue weighted by Crippen LogP contribution is 2.40. The van der Waals surface area contributed by atoms with Gasteiger partial charge in [0.1, 0.15) is 23.2 Å². The molecule has 0 bridgehead atoms. The van der Waals surface area contributed by atoms with Gasteiger partial charge in [0, 0.05) is 6.07 Å². The minimum Gasteiger partial charge on any atom is -0.440 e. The first-order valence-electron chi connectivity index (χ1n) is 6.80. The van der Waals surface area contributed by atoms with E-state index in [2.05, 4.69) is 0 Å². The maximum absolute atomic E-state index is 12.3. The van der Waals surface area contributed by atoms with E-state index in [0.717, 1.165) is 11.1 Å². The lowest BCUT2D eigenvalue weighted by molar-refractivity contribution is 0.371. The average Bonchev–Trinajstić information content (AvgIpc) is 2.46. The quantitative estimate of drug-likeness (QED) is 0.872. The fourth-order valence-electron chi connectivity index (χ4n) is 2.61. The molecule has 0 amide bonds. The maximum atomic E-state index is 12.3. The smallest absolute Gasteiger partial charge is 0.343 e. The van der Waals surface area contributed by atoms with E-state index >= 15 is 0 Å². The fraction of sp³-hybridized carbons (Fsp3) is 0.176. The van der Waals surface area contributed by atoms with Crippen LogP contribution in [0.2, 0.25) is 0 Å². The minimum atomic E-state index is -0.578. The summed E-state index contributed by atoms with van der Waals surface area (Å²) in [5.41, 5.74) is 7.75. The summed E-state index contributed by atoms with van der Waals surface area (Å²) in [6.07, 6.45) is 0. The van der Waals surface area contributed by atoms with Crippen LogP contribution in [-0.2, 0) is 0 Å². The van der Waals surface area contributed by atoms with Crippen molar-refractivity contribution in [2.24, 2.45) is 5.73 Å². The third-order valence-corrected chi connectivity index (χ3v) is 3.67. The summed E-state index contributed by atoms with van der Waals surface area (Å²) < 4.78 is 10.6. The second-order valence-electron chi connectivity index (χ2n) is 5.26. The third kappa shape index (κ3) is 2.15. The van der Waals surface area contributed by atoms with Crippen molar-refractivity contribution in [1.29, 1.82) is 5.26 Å². The van der Waals surface area contributed by atoms with Gasteiger partial charge in [0.05, 0.1) is 11.5 Å². The van der Waals surface area contributed by atoms with Crippen LogP contribution in [0.25, 0.3) is 0 Å². The Kier molecular flexibility index (Phi) is 3.22. The van der Waals surface area contributed by atoms with Crippen LogP contribution in [0.15, 0.2) is 51.0 Å². The van der Waals surface area contributed by atoms with E-state index in [1.165, 1.54) is 0 Å². The van der Waals surface area contributed by atoms with Gasteiger partial charge in [0.15, 0.2) is 0 Å². The van der Waals surface area contributed by atoms with Gasteiger partial charge in [-0.2, -0.15) is 5.26 Å². The molecule has 2 aromatic rings. The van der Waals surface area contributed by atoms with Gasteiger partial charge in [-0.05, 0) is 19.4 Å². The Morgan fingerprint density at radius 3 is 2.55 bits per heavy atom. The number of aryl methyl sites for hydroxylation is 2. The number of rotatable bonds is 1. The lowest BCUT2D eigenvalue weighted by Gasteiger charge is -2.25. The lowest BCUT2D eigenvalue weighted by Crippen LogP contribution is -2.26. The van der Waals surface area contributed by atoms with Gasteiger partial charge in [-0.3, -0.25) is 0 Å². The Balaban J connectivity index is 2.29. The van der Waals surface area contributed by atoms with Crippen molar-refractivity contribution in [3.63, 3.8) is 0 Å². The van der Waals surface area contributed by atoms with Gasteiger partial charge in [-0.15, -0.1) is 0 Å². The van der Waals surface area contributed by atoms with E-state index in [1.807, 2.05) is 37.3 Å². The topological polar surface area (TPSA) is 89.2 Å². The summed E-state index contributed by atoms with van der Waals surface area (Å²) in [7, 11) is 0. The molecule has 0 spiro atoms. The second-order valence-corrected chi connectivity index (χ2v) is 5.26. The van der Waals surface area contributed by atoms with Crippen LogP contribution in [0.5, 0.6) is 5.75 Å². The maximum Gasteiger partial charge on any atom is 0.343 e. The summed E-state index contributed by atoms with van der Waals surface area (Å²) in [6, 6.07) is 11.3. The number of nitriles is 1. The molecule has 0 unspecified atom stereocenters. The summed E-state index contributed by atoms with van der Waals surface area (Å²) in [5, 5.41) is 9.42. The van der Waals surface area contributed by atoms with Gasteiger partial charge in [-0.25, -0.2) is 4.79 Å². The molecule has 110 valence electrons. The highest BCUT2D eigenvalue weighted by atomic mass is 16.5. The number of ether oxygens (including phenoxy) is 1. The molecule has 22 heavy (non-hydrogen) atoms. The SMILES string of the molecule is Cc1ccc([C@@H]2C(C#N)=C(N)Oc3cc(C)oc(=O)c32)cc1. The van der Waals surface area contributed by atoms with Crippen LogP contribution in [0.1, 0.15) is 28.4 Å². The minimum absolute atomic E-state index is 0.0191. The van der Waals surface area contributed by atoms with Gasteiger partial charge in [-0.1, -0.05) is 29.8 Å². The van der Waals surface area contributed by atoms with Gasteiger partial charge in [0.2, 0.25) is 5.88 Å². The first-order valence-corrected chi connectivity index (χ1v) is 6.80. The van der Waals surface area contributed by atoms with Crippen molar-refractivity contribution in [3.8, 4) is 11.8 Å². The number of hydrogen-bond donors (Lipinski definition) is 1. The molecule has 1 aromatic heterocycles. The molecular weight excluding hydrogens is 280 g/mol. The van der Waals surface area contributed by atoms with Crippen LogP contribution in [0.4, 0.5) is 0 Å². The van der Waals surface area contributed by atoms with E-state index in [0.29, 0.717) is 17.1 Å². The number of fused-ring (bicyclic) bond motifs is 1. The predicted molar refractivity (Wildman–Crippen MR) is 80.2 cm³/mol. The fourth-order valence-corrected chi connectivity index (χ4v) is 2.61. The molecule has 1 aromatic carbocycles.